The molecule has 1 atom stereocenters. The lowest BCUT2D eigenvalue weighted by molar-refractivity contribution is -0.122. The maximum Gasteiger partial charge on any atom is 0.410 e. The second kappa shape index (κ2) is 11.1. The number of likely N-dealkylation sites (tertiary alicyclic amines) is 1. The molecular formula is C28H31N3O5S. The maximum atomic E-state index is 13.3. The number of hydrogen-bond acceptors (Lipinski definition) is 6. The Morgan fingerprint density at radius 2 is 1.76 bits per heavy atom. The van der Waals surface area contributed by atoms with Crippen molar-refractivity contribution in [2.75, 3.05) is 18.0 Å². The van der Waals surface area contributed by atoms with Crippen molar-refractivity contribution in [2.24, 2.45) is 5.92 Å². The summed E-state index contributed by atoms with van der Waals surface area (Å²) in [5, 5.41) is 2.64. The molecule has 2 aromatic rings. The van der Waals surface area contributed by atoms with Gasteiger partial charge in [0.15, 0.2) is 5.11 Å². The Hall–Kier alpha value is -3.72. The van der Waals surface area contributed by atoms with E-state index in [1.54, 1.807) is 35.2 Å². The van der Waals surface area contributed by atoms with E-state index in [4.69, 9.17) is 21.7 Å². The fraction of sp³-hybridized carbons (Fsp3) is 0.357. The van der Waals surface area contributed by atoms with Crippen LogP contribution < -0.4 is 15.0 Å². The number of hydrogen-bond donors (Lipinski definition) is 1. The van der Waals surface area contributed by atoms with Gasteiger partial charge >= 0.3 is 6.09 Å². The fourth-order valence-corrected chi connectivity index (χ4v) is 4.55. The van der Waals surface area contributed by atoms with Crippen molar-refractivity contribution in [3.05, 3.63) is 66.2 Å². The first-order valence-corrected chi connectivity index (χ1v) is 12.7. The van der Waals surface area contributed by atoms with Crippen LogP contribution in [0.15, 0.2) is 66.2 Å². The zero-order valence-corrected chi connectivity index (χ0v) is 22.0. The molecule has 0 spiro atoms. The van der Waals surface area contributed by atoms with Crippen LogP contribution in [0.2, 0.25) is 0 Å². The number of benzene rings is 2. The van der Waals surface area contributed by atoms with Crippen LogP contribution >= 0.6 is 12.2 Å². The number of ether oxygens (including phenoxy) is 2. The zero-order valence-electron chi connectivity index (χ0n) is 21.2. The van der Waals surface area contributed by atoms with Gasteiger partial charge < -0.3 is 14.4 Å². The summed E-state index contributed by atoms with van der Waals surface area (Å²) in [6.45, 7) is 6.66. The highest BCUT2D eigenvalue weighted by atomic mass is 32.1. The molecule has 2 aromatic carbocycles. The smallest absolute Gasteiger partial charge is 0.410 e. The minimum absolute atomic E-state index is 0.0256. The van der Waals surface area contributed by atoms with Gasteiger partial charge in [-0.2, -0.15) is 0 Å². The number of thiocarbonyl (C=S) groups is 1. The molecule has 9 heteroatoms. The van der Waals surface area contributed by atoms with E-state index >= 15 is 0 Å². The third-order valence-corrected chi connectivity index (χ3v) is 6.29. The SMILES string of the molecule is CC(C)(C)OC(=O)N1CCCC(C/C=C2/C(=O)NC(=S)N(c3ccc(Oc4ccccc4)cc3)C2=O)C1. The first kappa shape index (κ1) is 26.3. The number of amides is 3. The predicted octanol–water partition coefficient (Wildman–Crippen LogP) is 5.19. The lowest BCUT2D eigenvalue weighted by Gasteiger charge is -2.34. The molecule has 0 aliphatic carbocycles. The molecule has 0 radical (unpaired) electrons. The number of piperidine rings is 1. The third-order valence-electron chi connectivity index (χ3n) is 6.00. The number of carbonyl (C=O) groups excluding carboxylic acids is 3. The van der Waals surface area contributed by atoms with Crippen molar-refractivity contribution in [2.45, 2.75) is 45.6 Å². The zero-order chi connectivity index (χ0) is 26.6. The van der Waals surface area contributed by atoms with Crippen molar-refractivity contribution in [3.8, 4) is 11.5 Å². The number of anilines is 1. The lowest BCUT2D eigenvalue weighted by atomic mass is 9.93. The van der Waals surface area contributed by atoms with Gasteiger partial charge in [0, 0.05) is 13.1 Å². The number of para-hydroxylation sites is 1. The van der Waals surface area contributed by atoms with Gasteiger partial charge in [0.2, 0.25) is 0 Å². The van der Waals surface area contributed by atoms with E-state index in [9.17, 15) is 14.4 Å². The molecule has 4 rings (SSSR count). The first-order valence-electron chi connectivity index (χ1n) is 12.3. The van der Waals surface area contributed by atoms with Gasteiger partial charge in [-0.15, -0.1) is 0 Å². The molecule has 37 heavy (non-hydrogen) atoms. The predicted molar refractivity (Wildman–Crippen MR) is 144 cm³/mol. The number of allylic oxidation sites excluding steroid dienone is 1. The van der Waals surface area contributed by atoms with Gasteiger partial charge in [-0.25, -0.2) is 4.79 Å². The lowest BCUT2D eigenvalue weighted by Crippen LogP contribution is -2.54. The topological polar surface area (TPSA) is 88.2 Å². The summed E-state index contributed by atoms with van der Waals surface area (Å²) in [6, 6.07) is 16.3. The summed E-state index contributed by atoms with van der Waals surface area (Å²) in [4.78, 5) is 41.4. The second-order valence-electron chi connectivity index (χ2n) is 10.1. The Balaban J connectivity index is 1.43. The number of rotatable bonds is 5. The Kier molecular flexibility index (Phi) is 7.92. The van der Waals surface area contributed by atoms with Crippen molar-refractivity contribution in [3.63, 3.8) is 0 Å². The minimum atomic E-state index is -0.563. The van der Waals surface area contributed by atoms with Gasteiger partial charge in [0.05, 0.1) is 5.69 Å². The van der Waals surface area contributed by atoms with Crippen LogP contribution in [-0.4, -0.2) is 46.6 Å². The molecule has 2 aliphatic heterocycles. The monoisotopic (exact) mass is 521 g/mol. The quantitative estimate of drug-likeness (QED) is 0.331. The highest BCUT2D eigenvalue weighted by molar-refractivity contribution is 7.80. The van der Waals surface area contributed by atoms with E-state index in [0.717, 1.165) is 12.8 Å². The number of nitrogens with one attached hydrogen (secondary N) is 1. The highest BCUT2D eigenvalue weighted by Crippen LogP contribution is 2.28. The van der Waals surface area contributed by atoms with Gasteiger partial charge in [-0.1, -0.05) is 24.3 Å². The highest BCUT2D eigenvalue weighted by Gasteiger charge is 2.35. The van der Waals surface area contributed by atoms with Crippen molar-refractivity contribution < 1.29 is 23.9 Å². The van der Waals surface area contributed by atoms with Crippen LogP contribution in [0.1, 0.15) is 40.0 Å². The standard InChI is InChI=1S/C28H31N3O5S/c1-28(2,3)36-27(34)30-17-7-8-19(18-30)11-16-23-24(32)29-26(37)31(25(23)33)20-12-14-22(15-13-20)35-21-9-5-4-6-10-21/h4-6,9-10,12-16,19H,7-8,11,17-18H2,1-3H3,(H,29,32,37)/b23-16-. The van der Waals surface area contributed by atoms with Crippen LogP contribution in [0.25, 0.3) is 0 Å². The van der Waals surface area contributed by atoms with Gasteiger partial charge in [-0.3, -0.25) is 19.8 Å². The Labute approximate surface area is 222 Å². The fourth-order valence-electron chi connectivity index (χ4n) is 4.27. The Morgan fingerprint density at radius 1 is 1.08 bits per heavy atom. The first-order chi connectivity index (χ1) is 17.6. The van der Waals surface area contributed by atoms with Crippen LogP contribution in [0, 0.1) is 5.92 Å². The largest absolute Gasteiger partial charge is 0.457 e. The summed E-state index contributed by atoms with van der Waals surface area (Å²) in [5.74, 6) is 0.425. The molecule has 1 unspecified atom stereocenters. The Morgan fingerprint density at radius 3 is 2.43 bits per heavy atom. The average molecular weight is 522 g/mol. The van der Waals surface area contributed by atoms with E-state index in [0.29, 0.717) is 36.7 Å². The molecule has 2 heterocycles. The van der Waals surface area contributed by atoms with Gasteiger partial charge in [0.1, 0.15) is 22.7 Å². The molecule has 3 amide bonds. The summed E-state index contributed by atoms with van der Waals surface area (Å²) in [6.07, 6.45) is 3.53. The molecule has 2 saturated heterocycles. The van der Waals surface area contributed by atoms with Crippen LogP contribution in [0.4, 0.5) is 10.5 Å². The van der Waals surface area contributed by atoms with E-state index in [2.05, 4.69) is 5.32 Å². The number of nitrogens with zero attached hydrogens (tertiary/aromatic N) is 2. The van der Waals surface area contributed by atoms with Crippen molar-refractivity contribution >= 4 is 40.9 Å². The van der Waals surface area contributed by atoms with E-state index in [-0.39, 0.29) is 22.7 Å². The Bertz CT molecular complexity index is 1200. The van der Waals surface area contributed by atoms with Crippen LogP contribution in [0.3, 0.4) is 0 Å². The van der Waals surface area contributed by atoms with Crippen molar-refractivity contribution in [1.82, 2.24) is 10.2 Å². The maximum absolute atomic E-state index is 13.3. The molecule has 0 bridgehead atoms. The molecule has 0 aromatic heterocycles. The minimum Gasteiger partial charge on any atom is -0.457 e. The molecule has 0 saturated carbocycles. The second-order valence-corrected chi connectivity index (χ2v) is 10.5. The number of carbonyl (C=O) groups is 3. The van der Waals surface area contributed by atoms with E-state index in [1.165, 1.54) is 4.90 Å². The normalized spacial score (nSPS) is 19.6. The molecule has 1 N–H and O–H groups in total. The average Bonchev–Trinajstić information content (AvgIpc) is 2.84. The summed E-state index contributed by atoms with van der Waals surface area (Å²) < 4.78 is 11.3. The molecule has 2 fully saturated rings. The molecular weight excluding hydrogens is 490 g/mol. The summed E-state index contributed by atoms with van der Waals surface area (Å²) >= 11 is 5.31. The van der Waals surface area contributed by atoms with Gasteiger partial charge in [-0.05, 0) is 94.6 Å². The molecule has 194 valence electrons. The third kappa shape index (κ3) is 6.74. The molecule has 2 aliphatic rings. The van der Waals surface area contributed by atoms with Crippen LogP contribution in [0.5, 0.6) is 11.5 Å². The van der Waals surface area contributed by atoms with Crippen molar-refractivity contribution in [1.29, 1.82) is 0 Å². The van der Waals surface area contributed by atoms with Crippen LogP contribution in [-0.2, 0) is 14.3 Å². The van der Waals surface area contributed by atoms with E-state index < -0.39 is 17.4 Å². The summed E-state index contributed by atoms with van der Waals surface area (Å²) in [5.41, 5.74) is -0.00509. The van der Waals surface area contributed by atoms with Gasteiger partial charge in [0.25, 0.3) is 11.8 Å². The summed E-state index contributed by atoms with van der Waals surface area (Å²) in [7, 11) is 0. The molecule has 8 nitrogen and oxygen atoms in total. The van der Waals surface area contributed by atoms with E-state index in [1.807, 2.05) is 51.1 Å².